The monoisotopic (exact) mass is 340 g/mol. The number of carbonyl (C=O) groups is 1. The second-order valence-corrected chi connectivity index (χ2v) is 5.48. The van der Waals surface area contributed by atoms with Crippen molar-refractivity contribution in [2.75, 3.05) is 26.2 Å². The summed E-state index contributed by atoms with van der Waals surface area (Å²) in [4.78, 5) is 14.4. The lowest BCUT2D eigenvalue weighted by molar-refractivity contribution is 0.0766. The van der Waals surface area contributed by atoms with Crippen LogP contribution in [0.25, 0.3) is 5.69 Å². The number of nitrogens with zero attached hydrogens (tertiary/aromatic N) is 3. The molecule has 0 unspecified atom stereocenters. The quantitative estimate of drug-likeness (QED) is 0.913. The van der Waals surface area contributed by atoms with Crippen LogP contribution in [0, 0.1) is 0 Å². The van der Waals surface area contributed by atoms with E-state index in [1.165, 1.54) is 0 Å². The molecule has 1 aromatic heterocycles. The average Bonchev–Trinajstić information content (AvgIpc) is 2.83. The van der Waals surface area contributed by atoms with Gasteiger partial charge in [-0.25, -0.2) is 4.68 Å². The molecule has 7 heteroatoms. The maximum atomic E-state index is 12.5. The predicted molar refractivity (Wildman–Crippen MR) is 89.2 cm³/mol. The van der Waals surface area contributed by atoms with Gasteiger partial charge in [-0.2, -0.15) is 5.10 Å². The molecular formula is C15H18Cl2N4O. The van der Waals surface area contributed by atoms with Crippen LogP contribution < -0.4 is 5.32 Å². The number of benzene rings is 1. The minimum absolute atomic E-state index is 0. The number of hydrogen-bond acceptors (Lipinski definition) is 3. The first-order valence-corrected chi connectivity index (χ1v) is 7.42. The molecule has 1 saturated heterocycles. The Labute approximate surface area is 140 Å². The smallest absolute Gasteiger partial charge is 0.257 e. The number of aromatic nitrogens is 2. The van der Waals surface area contributed by atoms with Gasteiger partial charge in [0.05, 0.1) is 17.4 Å². The summed E-state index contributed by atoms with van der Waals surface area (Å²) in [6, 6.07) is 7.36. The minimum atomic E-state index is 0. The third kappa shape index (κ3) is 3.80. The van der Waals surface area contributed by atoms with E-state index in [1.807, 2.05) is 17.0 Å². The molecule has 1 aromatic carbocycles. The predicted octanol–water partition coefficient (Wildman–Crippen LogP) is 2.38. The fourth-order valence-electron chi connectivity index (χ4n) is 2.40. The third-order valence-electron chi connectivity index (χ3n) is 3.55. The van der Waals surface area contributed by atoms with Crippen LogP contribution in [0.5, 0.6) is 0 Å². The van der Waals surface area contributed by atoms with Crippen molar-refractivity contribution in [3.8, 4) is 5.69 Å². The first-order valence-electron chi connectivity index (χ1n) is 7.04. The van der Waals surface area contributed by atoms with Crippen LogP contribution >= 0.6 is 24.0 Å². The van der Waals surface area contributed by atoms with Crippen molar-refractivity contribution in [3.63, 3.8) is 0 Å². The van der Waals surface area contributed by atoms with Gasteiger partial charge in [-0.15, -0.1) is 12.4 Å². The summed E-state index contributed by atoms with van der Waals surface area (Å²) in [6.07, 6.45) is 4.37. The highest BCUT2D eigenvalue weighted by Crippen LogP contribution is 2.14. The summed E-state index contributed by atoms with van der Waals surface area (Å²) >= 11 is 5.88. The van der Waals surface area contributed by atoms with E-state index in [9.17, 15) is 4.79 Å². The highest BCUT2D eigenvalue weighted by molar-refractivity contribution is 6.30. The molecule has 0 aliphatic carbocycles. The summed E-state index contributed by atoms with van der Waals surface area (Å²) < 4.78 is 1.69. The molecule has 2 aromatic rings. The summed E-state index contributed by atoms with van der Waals surface area (Å²) in [7, 11) is 0. The van der Waals surface area contributed by atoms with Crippen molar-refractivity contribution in [1.29, 1.82) is 0 Å². The summed E-state index contributed by atoms with van der Waals surface area (Å²) in [5.74, 6) is 0.0407. The minimum Gasteiger partial charge on any atom is -0.337 e. The Kier molecular flexibility index (Phi) is 5.83. The van der Waals surface area contributed by atoms with Gasteiger partial charge in [0.2, 0.25) is 0 Å². The first kappa shape index (κ1) is 16.8. The van der Waals surface area contributed by atoms with Crippen LogP contribution in [0.3, 0.4) is 0 Å². The van der Waals surface area contributed by atoms with Crippen molar-refractivity contribution in [2.45, 2.75) is 6.42 Å². The zero-order chi connectivity index (χ0) is 14.7. The molecule has 5 nitrogen and oxygen atoms in total. The number of amides is 1. The summed E-state index contributed by atoms with van der Waals surface area (Å²) in [5.41, 5.74) is 1.50. The van der Waals surface area contributed by atoms with Crippen molar-refractivity contribution in [3.05, 3.63) is 47.2 Å². The lowest BCUT2D eigenvalue weighted by Gasteiger charge is -2.18. The molecular weight excluding hydrogens is 323 g/mol. The molecule has 1 fully saturated rings. The number of carbonyl (C=O) groups excluding carboxylic acids is 1. The third-order valence-corrected chi connectivity index (χ3v) is 3.80. The van der Waals surface area contributed by atoms with Crippen LogP contribution in [0.2, 0.25) is 5.02 Å². The molecule has 22 heavy (non-hydrogen) atoms. The van der Waals surface area contributed by atoms with Gasteiger partial charge >= 0.3 is 0 Å². The molecule has 1 N–H and O–H groups in total. The Bertz CT molecular complexity index is 619. The molecule has 2 heterocycles. The zero-order valence-electron chi connectivity index (χ0n) is 12.0. The molecule has 118 valence electrons. The molecule has 1 amide bonds. The van der Waals surface area contributed by atoms with Crippen molar-refractivity contribution in [1.82, 2.24) is 20.0 Å². The van der Waals surface area contributed by atoms with E-state index in [1.54, 1.807) is 29.2 Å². The van der Waals surface area contributed by atoms with Crippen LogP contribution in [-0.4, -0.2) is 46.8 Å². The molecule has 0 bridgehead atoms. The Morgan fingerprint density at radius 1 is 1.18 bits per heavy atom. The lowest BCUT2D eigenvalue weighted by atomic mass is 10.3. The molecule has 3 rings (SSSR count). The maximum Gasteiger partial charge on any atom is 0.257 e. The number of hydrogen-bond donors (Lipinski definition) is 1. The van der Waals surface area contributed by atoms with Crippen LogP contribution in [0.4, 0.5) is 0 Å². The molecule has 0 saturated carbocycles. The van der Waals surface area contributed by atoms with E-state index in [2.05, 4.69) is 10.4 Å². The largest absolute Gasteiger partial charge is 0.337 e. The number of halogens is 2. The van der Waals surface area contributed by atoms with Crippen molar-refractivity contribution in [2.24, 2.45) is 0 Å². The Hall–Kier alpha value is -1.56. The second kappa shape index (κ2) is 7.63. The SMILES string of the molecule is Cl.O=C(c1cnn(-c2ccc(Cl)cc2)c1)N1CCCNCC1. The van der Waals surface area contributed by atoms with E-state index in [4.69, 9.17) is 11.6 Å². The maximum absolute atomic E-state index is 12.5. The summed E-state index contributed by atoms with van der Waals surface area (Å²) in [5, 5.41) is 8.24. The second-order valence-electron chi connectivity index (χ2n) is 5.05. The molecule has 1 aliphatic heterocycles. The van der Waals surface area contributed by atoms with Crippen LogP contribution in [0.1, 0.15) is 16.8 Å². The van der Waals surface area contributed by atoms with Crippen molar-refractivity contribution < 1.29 is 4.79 Å². The molecule has 0 radical (unpaired) electrons. The molecule has 0 atom stereocenters. The van der Waals surface area contributed by atoms with E-state index in [0.717, 1.165) is 38.3 Å². The average molecular weight is 341 g/mol. The van der Waals surface area contributed by atoms with E-state index < -0.39 is 0 Å². The van der Waals surface area contributed by atoms with Crippen LogP contribution in [0.15, 0.2) is 36.7 Å². The van der Waals surface area contributed by atoms with Gasteiger partial charge in [0.25, 0.3) is 5.91 Å². The fraction of sp³-hybridized carbons (Fsp3) is 0.333. The van der Waals surface area contributed by atoms with Gasteiger partial charge < -0.3 is 10.2 Å². The Morgan fingerprint density at radius 3 is 2.73 bits per heavy atom. The number of rotatable bonds is 2. The topological polar surface area (TPSA) is 50.2 Å². The fourth-order valence-corrected chi connectivity index (χ4v) is 2.53. The van der Waals surface area contributed by atoms with Gasteiger partial charge in [-0.1, -0.05) is 11.6 Å². The van der Waals surface area contributed by atoms with E-state index in [0.29, 0.717) is 10.6 Å². The Morgan fingerprint density at radius 2 is 1.95 bits per heavy atom. The van der Waals surface area contributed by atoms with Gasteiger partial charge in [0.1, 0.15) is 0 Å². The van der Waals surface area contributed by atoms with Gasteiger partial charge in [0, 0.05) is 30.9 Å². The van der Waals surface area contributed by atoms with Gasteiger partial charge in [-0.3, -0.25) is 4.79 Å². The van der Waals surface area contributed by atoms with Gasteiger partial charge in [-0.05, 0) is 37.2 Å². The van der Waals surface area contributed by atoms with Crippen molar-refractivity contribution >= 4 is 29.9 Å². The highest BCUT2D eigenvalue weighted by atomic mass is 35.5. The molecule has 0 spiro atoms. The van der Waals surface area contributed by atoms with Gasteiger partial charge in [0.15, 0.2) is 0 Å². The van der Waals surface area contributed by atoms with Crippen LogP contribution in [-0.2, 0) is 0 Å². The first-order chi connectivity index (χ1) is 10.2. The van der Waals surface area contributed by atoms with E-state index in [-0.39, 0.29) is 18.3 Å². The van der Waals surface area contributed by atoms with E-state index >= 15 is 0 Å². The Balaban J connectivity index is 0.00000176. The zero-order valence-corrected chi connectivity index (χ0v) is 13.6. The number of nitrogens with one attached hydrogen (secondary N) is 1. The standard InChI is InChI=1S/C15H17ClN4O.ClH/c16-13-2-4-14(5-3-13)20-11-12(10-18-20)15(21)19-8-1-6-17-7-9-19;/h2-5,10-11,17H,1,6-9H2;1H. The summed E-state index contributed by atoms with van der Waals surface area (Å²) in [6.45, 7) is 3.34. The highest BCUT2D eigenvalue weighted by Gasteiger charge is 2.18. The normalized spacial score (nSPS) is 15.0. The lowest BCUT2D eigenvalue weighted by Crippen LogP contribution is -2.33. The molecule has 1 aliphatic rings.